The minimum absolute atomic E-state index is 0.0798. The standard InChI is InChI=1S/C10H21NO3/c1-8(2)14-6-9(12)11-7-10(3,4)13-5/h8H,6-7H2,1-5H3,(H,11,12). The van der Waals surface area contributed by atoms with Crippen molar-refractivity contribution in [2.45, 2.75) is 39.4 Å². The van der Waals surface area contributed by atoms with Crippen LogP contribution in [-0.2, 0) is 14.3 Å². The summed E-state index contributed by atoms with van der Waals surface area (Å²) in [6, 6.07) is 0. The van der Waals surface area contributed by atoms with Crippen LogP contribution in [0, 0.1) is 0 Å². The second-order valence-corrected chi connectivity index (χ2v) is 4.10. The third-order valence-electron chi connectivity index (χ3n) is 1.81. The fourth-order valence-corrected chi connectivity index (χ4v) is 0.677. The first-order valence-electron chi connectivity index (χ1n) is 4.81. The van der Waals surface area contributed by atoms with Crippen molar-refractivity contribution in [2.75, 3.05) is 20.3 Å². The molecular weight excluding hydrogens is 182 g/mol. The molecule has 0 radical (unpaired) electrons. The second kappa shape index (κ2) is 5.98. The van der Waals surface area contributed by atoms with Gasteiger partial charge in [-0.3, -0.25) is 4.79 Å². The average Bonchev–Trinajstić information content (AvgIpc) is 2.11. The maximum atomic E-state index is 11.2. The number of carbonyl (C=O) groups is 1. The van der Waals surface area contributed by atoms with Gasteiger partial charge in [0.05, 0.1) is 11.7 Å². The van der Waals surface area contributed by atoms with E-state index in [1.165, 1.54) is 0 Å². The van der Waals surface area contributed by atoms with Gasteiger partial charge in [0, 0.05) is 13.7 Å². The van der Waals surface area contributed by atoms with Crippen LogP contribution >= 0.6 is 0 Å². The molecule has 0 aliphatic rings. The van der Waals surface area contributed by atoms with Crippen LogP contribution in [0.2, 0.25) is 0 Å². The molecule has 0 bridgehead atoms. The molecule has 0 unspecified atom stereocenters. The Bertz CT molecular complexity index is 178. The van der Waals surface area contributed by atoms with Gasteiger partial charge >= 0.3 is 0 Å². The third kappa shape index (κ3) is 6.86. The highest BCUT2D eigenvalue weighted by molar-refractivity contribution is 5.77. The Hall–Kier alpha value is -0.610. The van der Waals surface area contributed by atoms with Crippen molar-refractivity contribution in [3.63, 3.8) is 0 Å². The van der Waals surface area contributed by atoms with Crippen LogP contribution in [0.25, 0.3) is 0 Å². The van der Waals surface area contributed by atoms with Gasteiger partial charge < -0.3 is 14.8 Å². The molecule has 1 N–H and O–H groups in total. The predicted octanol–water partition coefficient (Wildman–Crippen LogP) is 0.953. The van der Waals surface area contributed by atoms with Crippen molar-refractivity contribution < 1.29 is 14.3 Å². The first-order chi connectivity index (χ1) is 6.37. The van der Waals surface area contributed by atoms with E-state index < -0.39 is 0 Å². The lowest BCUT2D eigenvalue weighted by molar-refractivity contribution is -0.128. The molecule has 0 aromatic rings. The Morgan fingerprint density at radius 3 is 2.43 bits per heavy atom. The minimum Gasteiger partial charge on any atom is -0.377 e. The van der Waals surface area contributed by atoms with Gasteiger partial charge in [0.15, 0.2) is 0 Å². The first-order valence-corrected chi connectivity index (χ1v) is 4.81. The quantitative estimate of drug-likeness (QED) is 0.699. The van der Waals surface area contributed by atoms with Gasteiger partial charge in [0.25, 0.3) is 0 Å². The van der Waals surface area contributed by atoms with E-state index in [1.807, 2.05) is 27.7 Å². The Kier molecular flexibility index (Phi) is 5.72. The van der Waals surface area contributed by atoms with Crippen molar-refractivity contribution in [3.8, 4) is 0 Å². The number of methoxy groups -OCH3 is 1. The monoisotopic (exact) mass is 203 g/mol. The van der Waals surface area contributed by atoms with E-state index in [1.54, 1.807) is 7.11 Å². The number of carbonyl (C=O) groups excluding carboxylic acids is 1. The van der Waals surface area contributed by atoms with Crippen LogP contribution in [0.5, 0.6) is 0 Å². The zero-order valence-electron chi connectivity index (χ0n) is 9.72. The molecule has 4 heteroatoms. The lowest BCUT2D eigenvalue weighted by Gasteiger charge is -2.23. The molecule has 1 amide bonds. The van der Waals surface area contributed by atoms with Crippen molar-refractivity contribution in [3.05, 3.63) is 0 Å². The van der Waals surface area contributed by atoms with Gasteiger partial charge in [-0.15, -0.1) is 0 Å². The summed E-state index contributed by atoms with van der Waals surface area (Å²) in [5, 5.41) is 2.74. The van der Waals surface area contributed by atoms with Gasteiger partial charge in [-0.1, -0.05) is 0 Å². The Morgan fingerprint density at radius 2 is 2.00 bits per heavy atom. The largest absolute Gasteiger partial charge is 0.377 e. The van der Waals surface area contributed by atoms with E-state index in [9.17, 15) is 4.79 Å². The summed E-state index contributed by atoms with van der Waals surface area (Å²) in [7, 11) is 1.62. The van der Waals surface area contributed by atoms with Gasteiger partial charge in [0.2, 0.25) is 5.91 Å². The fraction of sp³-hybridized carbons (Fsp3) is 0.900. The van der Waals surface area contributed by atoms with Crippen LogP contribution in [0.4, 0.5) is 0 Å². The van der Waals surface area contributed by atoms with Gasteiger partial charge in [-0.05, 0) is 27.7 Å². The summed E-state index contributed by atoms with van der Waals surface area (Å²) in [6.45, 7) is 8.22. The molecule has 84 valence electrons. The van der Waals surface area contributed by atoms with E-state index in [0.29, 0.717) is 6.54 Å². The number of rotatable bonds is 6. The minimum atomic E-state index is -0.326. The van der Waals surface area contributed by atoms with E-state index >= 15 is 0 Å². The smallest absolute Gasteiger partial charge is 0.246 e. The van der Waals surface area contributed by atoms with Crippen LogP contribution < -0.4 is 5.32 Å². The summed E-state index contributed by atoms with van der Waals surface area (Å²) in [5.74, 6) is -0.108. The van der Waals surface area contributed by atoms with Crippen molar-refractivity contribution in [1.82, 2.24) is 5.32 Å². The zero-order chi connectivity index (χ0) is 11.2. The van der Waals surface area contributed by atoms with Crippen LogP contribution in [0.15, 0.2) is 0 Å². The van der Waals surface area contributed by atoms with E-state index in [2.05, 4.69) is 5.32 Å². The van der Waals surface area contributed by atoms with Crippen LogP contribution in [-0.4, -0.2) is 37.9 Å². The molecule has 0 aromatic carbocycles. The molecule has 0 aromatic heterocycles. The molecule has 0 aliphatic carbocycles. The Balaban J connectivity index is 3.64. The maximum Gasteiger partial charge on any atom is 0.246 e. The highest BCUT2D eigenvalue weighted by Gasteiger charge is 2.17. The van der Waals surface area contributed by atoms with Gasteiger partial charge in [-0.2, -0.15) is 0 Å². The molecule has 0 saturated carbocycles. The predicted molar refractivity (Wildman–Crippen MR) is 55.2 cm³/mol. The second-order valence-electron chi connectivity index (χ2n) is 4.10. The molecule has 4 nitrogen and oxygen atoms in total. The highest BCUT2D eigenvalue weighted by atomic mass is 16.5. The normalized spacial score (nSPS) is 11.9. The third-order valence-corrected chi connectivity index (χ3v) is 1.81. The van der Waals surface area contributed by atoms with Gasteiger partial charge in [-0.25, -0.2) is 0 Å². The molecule has 14 heavy (non-hydrogen) atoms. The summed E-state index contributed by atoms with van der Waals surface area (Å²) < 4.78 is 10.3. The maximum absolute atomic E-state index is 11.2. The Labute approximate surface area is 86.0 Å². The fourth-order valence-electron chi connectivity index (χ4n) is 0.677. The average molecular weight is 203 g/mol. The number of hydrogen-bond acceptors (Lipinski definition) is 3. The van der Waals surface area contributed by atoms with Crippen LogP contribution in [0.3, 0.4) is 0 Å². The number of nitrogens with one attached hydrogen (secondary N) is 1. The van der Waals surface area contributed by atoms with Crippen LogP contribution in [0.1, 0.15) is 27.7 Å². The zero-order valence-corrected chi connectivity index (χ0v) is 9.72. The topological polar surface area (TPSA) is 47.6 Å². The SMILES string of the molecule is COC(C)(C)CNC(=O)COC(C)C. The van der Waals surface area contributed by atoms with Gasteiger partial charge in [0.1, 0.15) is 6.61 Å². The molecule has 0 saturated heterocycles. The molecular formula is C10H21NO3. The van der Waals surface area contributed by atoms with Crippen molar-refractivity contribution >= 4 is 5.91 Å². The summed E-state index contributed by atoms with van der Waals surface area (Å²) in [4.78, 5) is 11.2. The summed E-state index contributed by atoms with van der Waals surface area (Å²) in [6.07, 6.45) is 0.0798. The van der Waals surface area contributed by atoms with E-state index in [4.69, 9.17) is 9.47 Å². The van der Waals surface area contributed by atoms with E-state index in [0.717, 1.165) is 0 Å². The molecule has 0 aliphatic heterocycles. The van der Waals surface area contributed by atoms with E-state index in [-0.39, 0.29) is 24.2 Å². The number of hydrogen-bond donors (Lipinski definition) is 1. The summed E-state index contributed by atoms with van der Waals surface area (Å²) >= 11 is 0. The number of ether oxygens (including phenoxy) is 2. The lowest BCUT2D eigenvalue weighted by atomic mass is 10.1. The summed E-state index contributed by atoms with van der Waals surface area (Å²) in [5.41, 5.74) is -0.326. The first kappa shape index (κ1) is 13.4. The molecule has 0 rings (SSSR count). The molecule has 0 fully saturated rings. The molecule has 0 spiro atoms. The Morgan fingerprint density at radius 1 is 1.43 bits per heavy atom. The molecule has 0 heterocycles. The lowest BCUT2D eigenvalue weighted by Crippen LogP contribution is -2.41. The number of amides is 1. The van der Waals surface area contributed by atoms with Crippen molar-refractivity contribution in [2.24, 2.45) is 0 Å². The highest BCUT2D eigenvalue weighted by Crippen LogP contribution is 2.04. The molecule has 0 atom stereocenters. The van der Waals surface area contributed by atoms with Crippen molar-refractivity contribution in [1.29, 1.82) is 0 Å².